The topological polar surface area (TPSA) is 75.4 Å². The number of carbonyl (C=O) groups excluding carboxylic acids is 1. The maximum Gasteiger partial charge on any atom is 0.257 e. The van der Waals surface area contributed by atoms with Crippen LogP contribution in [0, 0.1) is 0 Å². The number of nitrogens with two attached hydrogens (primary N) is 1. The minimum atomic E-state index is -0.299. The van der Waals surface area contributed by atoms with Crippen molar-refractivity contribution >= 4 is 28.9 Å². The first-order chi connectivity index (χ1) is 10.1. The van der Waals surface area contributed by atoms with Crippen molar-refractivity contribution in [2.45, 2.75) is 12.8 Å². The van der Waals surface area contributed by atoms with Crippen molar-refractivity contribution in [3.63, 3.8) is 0 Å². The molecule has 0 unspecified atom stereocenters. The number of hydrogen-bond acceptors (Lipinski definition) is 3. The average molecular weight is 305 g/mol. The van der Waals surface area contributed by atoms with Crippen LogP contribution in [-0.4, -0.2) is 17.6 Å². The Balaban J connectivity index is 2.14. The quantitative estimate of drug-likeness (QED) is 0.743. The first kappa shape index (κ1) is 15.4. The van der Waals surface area contributed by atoms with Crippen LogP contribution in [0.5, 0.6) is 0 Å². The zero-order chi connectivity index (χ0) is 15.2. The van der Waals surface area contributed by atoms with Gasteiger partial charge in [-0.05, 0) is 42.7 Å². The van der Waals surface area contributed by atoms with Gasteiger partial charge in [0.1, 0.15) is 0 Å². The van der Waals surface area contributed by atoms with E-state index in [1.54, 1.807) is 24.3 Å². The van der Waals surface area contributed by atoms with E-state index in [1.807, 2.05) is 18.2 Å². The molecule has 2 rings (SSSR count). The smallest absolute Gasteiger partial charge is 0.257 e. The lowest BCUT2D eigenvalue weighted by atomic mass is 10.1. The first-order valence-corrected chi connectivity index (χ1v) is 7.04. The van der Waals surface area contributed by atoms with Crippen LogP contribution in [0.1, 0.15) is 22.3 Å². The van der Waals surface area contributed by atoms with Gasteiger partial charge in [0.15, 0.2) is 0 Å². The molecule has 4 nitrogen and oxygen atoms in total. The Morgan fingerprint density at radius 2 is 2.00 bits per heavy atom. The van der Waals surface area contributed by atoms with Gasteiger partial charge in [-0.1, -0.05) is 29.8 Å². The van der Waals surface area contributed by atoms with Crippen LogP contribution in [0.3, 0.4) is 0 Å². The Bertz CT molecular complexity index is 644. The van der Waals surface area contributed by atoms with Gasteiger partial charge in [0.2, 0.25) is 0 Å². The molecule has 0 saturated heterocycles. The molecule has 5 heteroatoms. The molecule has 4 N–H and O–H groups in total. The van der Waals surface area contributed by atoms with E-state index in [1.165, 1.54) is 0 Å². The van der Waals surface area contributed by atoms with Crippen molar-refractivity contribution in [3.8, 4) is 0 Å². The van der Waals surface area contributed by atoms with Crippen LogP contribution in [0.15, 0.2) is 42.5 Å². The predicted molar refractivity (Wildman–Crippen MR) is 85.7 cm³/mol. The van der Waals surface area contributed by atoms with Crippen molar-refractivity contribution in [1.29, 1.82) is 0 Å². The molecule has 1 amide bonds. The fourth-order valence-electron chi connectivity index (χ4n) is 2.01. The summed E-state index contributed by atoms with van der Waals surface area (Å²) in [5.74, 6) is -0.299. The number of nitrogen functional groups attached to an aromatic ring is 1. The highest BCUT2D eigenvalue weighted by molar-refractivity contribution is 6.36. The normalized spacial score (nSPS) is 10.4. The molecular formula is C16H17ClN2O2. The van der Waals surface area contributed by atoms with Gasteiger partial charge in [0, 0.05) is 12.3 Å². The number of benzene rings is 2. The first-order valence-electron chi connectivity index (χ1n) is 6.67. The zero-order valence-electron chi connectivity index (χ0n) is 11.5. The molecule has 0 heterocycles. The van der Waals surface area contributed by atoms with E-state index in [4.69, 9.17) is 22.4 Å². The molecule has 2 aromatic carbocycles. The van der Waals surface area contributed by atoms with Gasteiger partial charge in [-0.15, -0.1) is 0 Å². The highest BCUT2D eigenvalue weighted by Gasteiger charge is 2.12. The lowest BCUT2D eigenvalue weighted by Crippen LogP contribution is -2.13. The minimum Gasteiger partial charge on any atom is -0.398 e. The molecule has 0 spiro atoms. The van der Waals surface area contributed by atoms with Crippen molar-refractivity contribution in [2.75, 3.05) is 17.7 Å². The Morgan fingerprint density at radius 3 is 2.76 bits per heavy atom. The number of rotatable bonds is 5. The third-order valence-electron chi connectivity index (χ3n) is 3.08. The summed E-state index contributed by atoms with van der Waals surface area (Å²) in [5, 5.41) is 11.9. The van der Waals surface area contributed by atoms with E-state index in [0.717, 1.165) is 12.0 Å². The Morgan fingerprint density at radius 1 is 1.24 bits per heavy atom. The SMILES string of the molecule is Nc1cccc(C(=O)Nc2cccc(CCCO)c2)c1Cl. The van der Waals surface area contributed by atoms with E-state index in [-0.39, 0.29) is 17.5 Å². The fraction of sp³-hybridized carbons (Fsp3) is 0.188. The van der Waals surface area contributed by atoms with Crippen LogP contribution in [0.2, 0.25) is 5.02 Å². The molecule has 0 saturated carbocycles. The molecule has 0 aliphatic heterocycles. The van der Waals surface area contributed by atoms with Crippen LogP contribution >= 0.6 is 11.6 Å². The molecule has 110 valence electrons. The number of halogens is 1. The highest BCUT2D eigenvalue weighted by Crippen LogP contribution is 2.24. The fourth-order valence-corrected chi connectivity index (χ4v) is 2.22. The zero-order valence-corrected chi connectivity index (χ0v) is 12.2. The van der Waals surface area contributed by atoms with Crippen LogP contribution in [-0.2, 0) is 6.42 Å². The molecule has 0 fully saturated rings. The third-order valence-corrected chi connectivity index (χ3v) is 3.50. The molecule has 0 aromatic heterocycles. The standard InChI is InChI=1S/C16H17ClN2O2/c17-15-13(7-2-8-14(15)18)16(21)19-12-6-1-4-11(10-12)5-3-9-20/h1-2,4,6-8,10,20H,3,5,9,18H2,(H,19,21). The minimum absolute atomic E-state index is 0.148. The number of aliphatic hydroxyl groups excluding tert-OH is 1. The van der Waals surface area contributed by atoms with E-state index < -0.39 is 0 Å². The Kier molecular flexibility index (Phi) is 5.20. The van der Waals surface area contributed by atoms with Crippen molar-refractivity contribution in [2.24, 2.45) is 0 Å². The van der Waals surface area contributed by atoms with Gasteiger partial charge in [-0.3, -0.25) is 4.79 Å². The molecule has 21 heavy (non-hydrogen) atoms. The summed E-state index contributed by atoms with van der Waals surface area (Å²) in [6, 6.07) is 12.5. The highest BCUT2D eigenvalue weighted by atomic mass is 35.5. The molecule has 2 aromatic rings. The summed E-state index contributed by atoms with van der Waals surface area (Å²) in [5.41, 5.74) is 8.16. The average Bonchev–Trinajstić information content (AvgIpc) is 2.48. The number of aryl methyl sites for hydroxylation is 1. The molecule has 0 atom stereocenters. The summed E-state index contributed by atoms with van der Waals surface area (Å²) in [7, 11) is 0. The number of hydrogen-bond donors (Lipinski definition) is 3. The van der Waals surface area contributed by atoms with Crippen molar-refractivity contribution in [1.82, 2.24) is 0 Å². The van der Waals surface area contributed by atoms with Gasteiger partial charge >= 0.3 is 0 Å². The Hall–Kier alpha value is -2.04. The second-order valence-electron chi connectivity index (χ2n) is 4.69. The van der Waals surface area contributed by atoms with Gasteiger partial charge < -0.3 is 16.2 Å². The molecule has 0 aliphatic carbocycles. The summed E-state index contributed by atoms with van der Waals surface area (Å²) in [6.07, 6.45) is 1.46. The molecular weight excluding hydrogens is 288 g/mol. The molecule has 0 radical (unpaired) electrons. The number of carbonyl (C=O) groups is 1. The maximum atomic E-state index is 12.2. The number of nitrogens with one attached hydrogen (secondary N) is 1. The van der Waals surface area contributed by atoms with Crippen LogP contribution in [0.4, 0.5) is 11.4 Å². The van der Waals surface area contributed by atoms with Crippen LogP contribution < -0.4 is 11.1 Å². The van der Waals surface area contributed by atoms with Gasteiger partial charge in [-0.2, -0.15) is 0 Å². The summed E-state index contributed by atoms with van der Waals surface area (Å²) in [6.45, 7) is 0.148. The van der Waals surface area contributed by atoms with Gasteiger partial charge in [-0.25, -0.2) is 0 Å². The molecule has 0 bridgehead atoms. The van der Waals surface area contributed by atoms with Crippen molar-refractivity contribution < 1.29 is 9.90 Å². The van der Waals surface area contributed by atoms with E-state index in [9.17, 15) is 4.79 Å². The largest absolute Gasteiger partial charge is 0.398 e. The van der Waals surface area contributed by atoms with E-state index >= 15 is 0 Å². The van der Waals surface area contributed by atoms with E-state index in [2.05, 4.69) is 5.32 Å². The summed E-state index contributed by atoms with van der Waals surface area (Å²) in [4.78, 5) is 12.2. The van der Waals surface area contributed by atoms with Gasteiger partial charge in [0.25, 0.3) is 5.91 Å². The predicted octanol–water partition coefficient (Wildman–Crippen LogP) is 3.10. The molecule has 0 aliphatic rings. The number of amides is 1. The monoisotopic (exact) mass is 304 g/mol. The second kappa shape index (κ2) is 7.11. The lowest BCUT2D eigenvalue weighted by Gasteiger charge is -2.09. The summed E-state index contributed by atoms with van der Waals surface area (Å²) >= 11 is 6.04. The summed E-state index contributed by atoms with van der Waals surface area (Å²) < 4.78 is 0. The van der Waals surface area contributed by atoms with Crippen molar-refractivity contribution in [3.05, 3.63) is 58.6 Å². The lowest BCUT2D eigenvalue weighted by molar-refractivity contribution is 0.102. The number of aliphatic hydroxyl groups is 1. The van der Waals surface area contributed by atoms with Gasteiger partial charge in [0.05, 0.1) is 16.3 Å². The Labute approximate surface area is 128 Å². The third kappa shape index (κ3) is 3.97. The van der Waals surface area contributed by atoms with E-state index in [0.29, 0.717) is 23.4 Å². The second-order valence-corrected chi connectivity index (χ2v) is 5.07. The number of anilines is 2. The van der Waals surface area contributed by atoms with Crippen LogP contribution in [0.25, 0.3) is 0 Å². The maximum absolute atomic E-state index is 12.2.